The Hall–Kier alpha value is -2.27. The van der Waals surface area contributed by atoms with Crippen LogP contribution in [0.15, 0.2) is 39.9 Å². The summed E-state index contributed by atoms with van der Waals surface area (Å²) in [5.41, 5.74) is 1.60. The lowest BCUT2D eigenvalue weighted by Crippen LogP contribution is -2.42. The van der Waals surface area contributed by atoms with Crippen molar-refractivity contribution in [3.05, 3.63) is 46.8 Å². The molecule has 2 heterocycles. The topological polar surface area (TPSA) is 105 Å². The van der Waals surface area contributed by atoms with Crippen molar-refractivity contribution < 1.29 is 22.7 Å². The molecule has 1 unspecified atom stereocenters. The van der Waals surface area contributed by atoms with Gasteiger partial charge in [0.25, 0.3) is 15.9 Å². The van der Waals surface area contributed by atoms with Crippen LogP contribution in [0.4, 0.5) is 5.69 Å². The molecule has 29 heavy (non-hydrogen) atoms. The van der Waals surface area contributed by atoms with Crippen molar-refractivity contribution >= 4 is 38.9 Å². The van der Waals surface area contributed by atoms with E-state index in [1.807, 2.05) is 0 Å². The average Bonchev–Trinajstić information content (AvgIpc) is 3.25. The van der Waals surface area contributed by atoms with Crippen LogP contribution >= 0.6 is 11.3 Å². The van der Waals surface area contributed by atoms with Crippen molar-refractivity contribution in [1.29, 1.82) is 0 Å². The van der Waals surface area contributed by atoms with Crippen molar-refractivity contribution in [2.75, 3.05) is 31.6 Å². The van der Waals surface area contributed by atoms with E-state index in [-0.39, 0.29) is 10.1 Å². The predicted octanol–water partition coefficient (Wildman–Crippen LogP) is 1.83. The highest BCUT2D eigenvalue weighted by Crippen LogP contribution is 2.22. The average molecular weight is 438 g/mol. The molecule has 0 radical (unpaired) electrons. The molecule has 2 aromatic rings. The Morgan fingerprint density at radius 3 is 2.55 bits per heavy atom. The molecule has 10 heteroatoms. The number of nitrogens with zero attached hydrogens (tertiary/aromatic N) is 1. The molecule has 1 atom stereocenters. The van der Waals surface area contributed by atoms with Crippen molar-refractivity contribution in [3.8, 4) is 0 Å². The Balaban J connectivity index is 1.71. The van der Waals surface area contributed by atoms with Gasteiger partial charge in [-0.15, -0.1) is 11.3 Å². The summed E-state index contributed by atoms with van der Waals surface area (Å²) in [6.45, 7) is 5.28. The normalized spacial score (nSPS) is 15.7. The number of carbonyl (C=O) groups excluding carboxylic acids is 2. The summed E-state index contributed by atoms with van der Waals surface area (Å²) >= 11 is 1.08. The molecule has 8 nitrogen and oxygen atoms in total. The van der Waals surface area contributed by atoms with Gasteiger partial charge < -0.3 is 15.0 Å². The monoisotopic (exact) mass is 437 g/mol. The van der Waals surface area contributed by atoms with Gasteiger partial charge >= 0.3 is 0 Å². The number of hydrogen-bond acceptors (Lipinski definition) is 6. The maximum absolute atomic E-state index is 12.8. The fourth-order valence-corrected chi connectivity index (χ4v) is 5.15. The summed E-state index contributed by atoms with van der Waals surface area (Å²) in [5, 5.41) is 4.37. The molecule has 1 aromatic carbocycles. The van der Waals surface area contributed by atoms with Crippen LogP contribution in [-0.4, -0.2) is 57.5 Å². The molecule has 156 valence electrons. The van der Waals surface area contributed by atoms with E-state index in [0.29, 0.717) is 43.1 Å². The third-order valence-electron chi connectivity index (χ3n) is 4.61. The Morgan fingerprint density at radius 1 is 1.17 bits per heavy atom. The predicted molar refractivity (Wildman–Crippen MR) is 111 cm³/mol. The van der Waals surface area contributed by atoms with Crippen molar-refractivity contribution in [2.45, 2.75) is 24.1 Å². The second-order valence-corrected chi connectivity index (χ2v) is 9.54. The molecule has 1 fully saturated rings. The Morgan fingerprint density at radius 2 is 1.90 bits per heavy atom. The quantitative estimate of drug-likeness (QED) is 0.717. The van der Waals surface area contributed by atoms with E-state index >= 15 is 0 Å². The van der Waals surface area contributed by atoms with E-state index in [9.17, 15) is 18.0 Å². The second kappa shape index (κ2) is 9.04. The van der Waals surface area contributed by atoms with Crippen LogP contribution in [0.1, 0.15) is 22.8 Å². The number of carbonyl (C=O) groups is 2. The number of anilines is 1. The van der Waals surface area contributed by atoms with Gasteiger partial charge in [0.15, 0.2) is 0 Å². The molecular formula is C19H23N3O5S2. The summed E-state index contributed by atoms with van der Waals surface area (Å²) in [4.78, 5) is 27.0. The Kier molecular flexibility index (Phi) is 6.68. The summed E-state index contributed by atoms with van der Waals surface area (Å²) in [5.74, 6) is -0.627. The highest BCUT2D eigenvalue weighted by molar-refractivity contribution is 7.91. The van der Waals surface area contributed by atoms with Crippen LogP contribution in [0, 0.1) is 6.92 Å². The third-order valence-corrected chi connectivity index (χ3v) is 7.54. The van der Waals surface area contributed by atoms with Crippen LogP contribution < -0.4 is 10.0 Å². The fraction of sp³-hybridized carbons (Fsp3) is 0.368. The zero-order chi connectivity index (χ0) is 21.0. The van der Waals surface area contributed by atoms with Gasteiger partial charge in [-0.05, 0) is 43.0 Å². The molecule has 0 bridgehead atoms. The summed E-state index contributed by atoms with van der Waals surface area (Å²) in [6.07, 6.45) is 0. The molecule has 1 aliphatic rings. The number of ether oxygens (including phenoxy) is 1. The highest BCUT2D eigenvalue weighted by Gasteiger charge is 2.25. The maximum Gasteiger partial charge on any atom is 0.254 e. The first-order valence-electron chi connectivity index (χ1n) is 9.13. The van der Waals surface area contributed by atoms with Gasteiger partial charge in [0.2, 0.25) is 5.91 Å². The molecule has 1 aromatic heterocycles. The number of nitrogens with one attached hydrogen (secondary N) is 2. The zero-order valence-corrected chi connectivity index (χ0v) is 17.8. The van der Waals surface area contributed by atoms with E-state index < -0.39 is 22.0 Å². The largest absolute Gasteiger partial charge is 0.378 e. The molecule has 0 aliphatic carbocycles. The molecule has 1 aliphatic heterocycles. The number of morpholine rings is 1. The highest BCUT2D eigenvalue weighted by atomic mass is 32.2. The first kappa shape index (κ1) is 21.4. The maximum atomic E-state index is 12.8. The van der Waals surface area contributed by atoms with E-state index in [2.05, 4.69) is 10.0 Å². The lowest BCUT2D eigenvalue weighted by Gasteiger charge is -2.27. The van der Waals surface area contributed by atoms with Gasteiger partial charge in [0.05, 0.1) is 19.3 Å². The van der Waals surface area contributed by atoms with E-state index in [1.54, 1.807) is 41.5 Å². The minimum Gasteiger partial charge on any atom is -0.378 e. The first-order chi connectivity index (χ1) is 13.8. The number of amides is 2. The minimum atomic E-state index is -3.76. The van der Waals surface area contributed by atoms with E-state index in [0.717, 1.165) is 11.3 Å². The summed E-state index contributed by atoms with van der Waals surface area (Å²) in [7, 11) is -3.76. The van der Waals surface area contributed by atoms with Crippen molar-refractivity contribution in [1.82, 2.24) is 9.62 Å². The molecule has 3 rings (SSSR count). The van der Waals surface area contributed by atoms with Gasteiger partial charge in [-0.1, -0.05) is 12.1 Å². The van der Waals surface area contributed by atoms with Crippen LogP contribution in [0.3, 0.4) is 0 Å². The van der Waals surface area contributed by atoms with Crippen molar-refractivity contribution in [3.63, 3.8) is 0 Å². The number of sulfonamides is 1. The zero-order valence-electron chi connectivity index (χ0n) is 16.2. The molecule has 0 saturated carbocycles. The number of hydrogen-bond donors (Lipinski definition) is 2. The number of rotatable bonds is 6. The van der Waals surface area contributed by atoms with E-state index in [1.165, 1.54) is 13.0 Å². The van der Waals surface area contributed by atoms with E-state index in [4.69, 9.17) is 4.74 Å². The summed E-state index contributed by atoms with van der Waals surface area (Å²) in [6, 6.07) is 7.21. The van der Waals surface area contributed by atoms with Crippen LogP contribution in [-0.2, 0) is 19.6 Å². The van der Waals surface area contributed by atoms with Crippen LogP contribution in [0.5, 0.6) is 0 Å². The van der Waals surface area contributed by atoms with Gasteiger partial charge in [-0.2, -0.15) is 4.72 Å². The Bertz CT molecular complexity index is 983. The molecule has 2 N–H and O–H groups in total. The molecule has 1 saturated heterocycles. The SMILES string of the molecule is Cc1c(NC(=O)C(C)NS(=O)(=O)c2cccs2)cccc1C(=O)N1CCOCC1. The van der Waals surface area contributed by atoms with Crippen LogP contribution in [0.2, 0.25) is 0 Å². The number of benzene rings is 1. The van der Waals surface area contributed by atoms with Gasteiger partial charge in [0, 0.05) is 24.3 Å². The second-order valence-electron chi connectivity index (χ2n) is 6.65. The standard InChI is InChI=1S/C19H23N3O5S2/c1-13-15(19(24)22-8-10-27-11-9-22)5-3-6-16(13)20-18(23)14(2)21-29(25,26)17-7-4-12-28-17/h3-7,12,14,21H,8-11H2,1-2H3,(H,20,23). The summed E-state index contributed by atoms with van der Waals surface area (Å²) < 4.78 is 32.4. The van der Waals surface area contributed by atoms with Gasteiger partial charge in [0.1, 0.15) is 4.21 Å². The minimum absolute atomic E-state index is 0.117. The smallest absolute Gasteiger partial charge is 0.254 e. The third kappa shape index (κ3) is 5.02. The lowest BCUT2D eigenvalue weighted by molar-refractivity contribution is -0.117. The van der Waals surface area contributed by atoms with Gasteiger partial charge in [-0.25, -0.2) is 8.42 Å². The Labute approximate surface area is 173 Å². The molecular weight excluding hydrogens is 414 g/mol. The number of thiophene rings is 1. The van der Waals surface area contributed by atoms with Crippen LogP contribution in [0.25, 0.3) is 0 Å². The lowest BCUT2D eigenvalue weighted by atomic mass is 10.0. The van der Waals surface area contributed by atoms with Crippen molar-refractivity contribution in [2.24, 2.45) is 0 Å². The van der Waals surface area contributed by atoms with Gasteiger partial charge in [-0.3, -0.25) is 9.59 Å². The molecule has 2 amide bonds. The molecule has 0 spiro atoms. The first-order valence-corrected chi connectivity index (χ1v) is 11.5. The fourth-order valence-electron chi connectivity index (χ4n) is 2.94.